The summed E-state index contributed by atoms with van der Waals surface area (Å²) in [4.78, 5) is 27.4. The molecule has 3 aromatic rings. The average molecular weight is 280 g/mol. The number of Topliss-reactive ketones (excluding diaryl/α,β-unsaturated/α-hetero) is 1. The zero-order chi connectivity index (χ0) is 14.8. The first-order valence-corrected chi connectivity index (χ1v) is 6.36. The molecule has 1 N–H and O–H groups in total. The van der Waals surface area contributed by atoms with Crippen LogP contribution >= 0.6 is 0 Å². The number of anilines is 1. The molecule has 0 fully saturated rings. The number of amides is 1. The van der Waals surface area contributed by atoms with Crippen LogP contribution in [0, 0.1) is 0 Å². The minimum atomic E-state index is -0.323. The van der Waals surface area contributed by atoms with Crippen LogP contribution in [0.2, 0.25) is 0 Å². The number of fused-ring (bicyclic) bond motifs is 1. The van der Waals surface area contributed by atoms with Gasteiger partial charge in [-0.3, -0.25) is 9.59 Å². The van der Waals surface area contributed by atoms with Crippen molar-refractivity contribution in [2.24, 2.45) is 0 Å². The fourth-order valence-electron chi connectivity index (χ4n) is 1.92. The molecule has 0 aliphatic heterocycles. The zero-order valence-corrected chi connectivity index (χ0v) is 11.3. The van der Waals surface area contributed by atoms with Crippen molar-refractivity contribution < 1.29 is 9.59 Å². The summed E-state index contributed by atoms with van der Waals surface area (Å²) >= 11 is 0. The third-order valence-corrected chi connectivity index (χ3v) is 3.02. The van der Waals surface area contributed by atoms with Crippen molar-refractivity contribution in [1.29, 1.82) is 0 Å². The van der Waals surface area contributed by atoms with Gasteiger partial charge in [-0.25, -0.2) is 9.50 Å². The molecule has 6 heteroatoms. The number of rotatable bonds is 3. The third-order valence-electron chi connectivity index (χ3n) is 3.02. The SMILES string of the molecule is CC(=O)c1ccc(NC(=O)c2cc3ncccn3n2)cc1. The number of nitrogens with zero attached hydrogens (tertiary/aromatic N) is 3. The second kappa shape index (κ2) is 5.16. The first-order valence-electron chi connectivity index (χ1n) is 6.36. The van der Waals surface area contributed by atoms with Gasteiger partial charge in [-0.15, -0.1) is 0 Å². The van der Waals surface area contributed by atoms with Crippen LogP contribution in [0.15, 0.2) is 48.8 Å². The topological polar surface area (TPSA) is 76.4 Å². The quantitative estimate of drug-likeness (QED) is 0.746. The van der Waals surface area contributed by atoms with E-state index in [-0.39, 0.29) is 17.4 Å². The Hall–Kier alpha value is -3.02. The summed E-state index contributed by atoms with van der Waals surface area (Å²) in [6.07, 6.45) is 3.36. The van der Waals surface area contributed by atoms with Crippen LogP contribution in [0.1, 0.15) is 27.8 Å². The van der Waals surface area contributed by atoms with E-state index in [2.05, 4.69) is 15.4 Å². The van der Waals surface area contributed by atoms with E-state index < -0.39 is 0 Å². The molecular weight excluding hydrogens is 268 g/mol. The molecule has 0 saturated carbocycles. The predicted octanol–water partition coefficient (Wildman–Crippen LogP) is 2.18. The number of carbonyl (C=O) groups excluding carboxylic acids is 2. The summed E-state index contributed by atoms with van der Waals surface area (Å²) < 4.78 is 1.54. The maximum atomic E-state index is 12.1. The fraction of sp³-hybridized carbons (Fsp3) is 0.0667. The van der Waals surface area contributed by atoms with E-state index in [4.69, 9.17) is 0 Å². The Morgan fingerprint density at radius 2 is 1.95 bits per heavy atom. The first-order chi connectivity index (χ1) is 10.1. The Balaban J connectivity index is 1.80. The standard InChI is InChI=1S/C15H12N4O2/c1-10(20)11-3-5-12(6-4-11)17-15(21)13-9-14-16-7-2-8-19(14)18-13/h2-9H,1H3,(H,17,21). The van der Waals surface area contributed by atoms with Crippen molar-refractivity contribution in [3.05, 3.63) is 60.0 Å². The van der Waals surface area contributed by atoms with Crippen molar-refractivity contribution in [3.8, 4) is 0 Å². The Kier molecular flexibility index (Phi) is 3.19. The van der Waals surface area contributed by atoms with E-state index in [0.717, 1.165) is 0 Å². The second-order valence-corrected chi connectivity index (χ2v) is 4.54. The molecule has 1 aromatic carbocycles. The van der Waals surface area contributed by atoms with Gasteiger partial charge in [0.15, 0.2) is 17.1 Å². The minimum Gasteiger partial charge on any atom is -0.321 e. The maximum absolute atomic E-state index is 12.1. The molecule has 0 aliphatic rings. The first kappa shape index (κ1) is 13.0. The largest absolute Gasteiger partial charge is 0.321 e. The van der Waals surface area contributed by atoms with Gasteiger partial charge in [-0.2, -0.15) is 5.10 Å². The number of benzene rings is 1. The lowest BCUT2D eigenvalue weighted by Crippen LogP contribution is -2.12. The van der Waals surface area contributed by atoms with Crippen LogP contribution in [-0.2, 0) is 0 Å². The summed E-state index contributed by atoms with van der Waals surface area (Å²) in [7, 11) is 0. The number of aromatic nitrogens is 3. The number of hydrogen-bond donors (Lipinski definition) is 1. The normalized spacial score (nSPS) is 10.5. The van der Waals surface area contributed by atoms with Crippen LogP contribution in [-0.4, -0.2) is 26.3 Å². The Morgan fingerprint density at radius 1 is 1.19 bits per heavy atom. The molecule has 0 aliphatic carbocycles. The van der Waals surface area contributed by atoms with Crippen LogP contribution in [0.25, 0.3) is 5.65 Å². The number of ketones is 1. The molecule has 0 unspecified atom stereocenters. The van der Waals surface area contributed by atoms with E-state index >= 15 is 0 Å². The number of hydrogen-bond acceptors (Lipinski definition) is 4. The van der Waals surface area contributed by atoms with Crippen LogP contribution in [0.3, 0.4) is 0 Å². The Bertz CT molecular complexity index is 788. The summed E-state index contributed by atoms with van der Waals surface area (Å²) in [6, 6.07) is 10.1. The summed E-state index contributed by atoms with van der Waals surface area (Å²) in [5.74, 6) is -0.338. The molecule has 1 amide bonds. The van der Waals surface area contributed by atoms with Gasteiger partial charge in [0, 0.05) is 29.7 Å². The van der Waals surface area contributed by atoms with Crippen LogP contribution in [0.5, 0.6) is 0 Å². The Labute approximate surface area is 120 Å². The van der Waals surface area contributed by atoms with Gasteiger partial charge < -0.3 is 5.32 Å². The highest BCUT2D eigenvalue weighted by Gasteiger charge is 2.11. The third kappa shape index (κ3) is 2.64. The molecule has 0 bridgehead atoms. The molecule has 21 heavy (non-hydrogen) atoms. The lowest BCUT2D eigenvalue weighted by atomic mass is 10.1. The molecule has 3 rings (SSSR count). The highest BCUT2D eigenvalue weighted by Crippen LogP contribution is 2.12. The highest BCUT2D eigenvalue weighted by molar-refractivity contribution is 6.03. The second-order valence-electron chi connectivity index (χ2n) is 4.54. The molecule has 0 saturated heterocycles. The summed E-state index contributed by atoms with van der Waals surface area (Å²) in [5.41, 5.74) is 2.10. The van der Waals surface area contributed by atoms with Gasteiger partial charge in [-0.1, -0.05) is 0 Å². The lowest BCUT2D eigenvalue weighted by Gasteiger charge is -2.03. The van der Waals surface area contributed by atoms with Gasteiger partial charge in [0.25, 0.3) is 5.91 Å². The number of nitrogens with one attached hydrogen (secondary N) is 1. The number of carbonyl (C=O) groups is 2. The van der Waals surface area contributed by atoms with Crippen LogP contribution in [0.4, 0.5) is 5.69 Å². The lowest BCUT2D eigenvalue weighted by molar-refractivity contribution is 0.101. The van der Waals surface area contributed by atoms with Crippen molar-refractivity contribution in [2.45, 2.75) is 6.92 Å². The van der Waals surface area contributed by atoms with Crippen molar-refractivity contribution in [2.75, 3.05) is 5.32 Å². The van der Waals surface area contributed by atoms with Crippen molar-refractivity contribution in [3.63, 3.8) is 0 Å². The van der Waals surface area contributed by atoms with E-state index in [1.165, 1.54) is 11.4 Å². The summed E-state index contributed by atoms with van der Waals surface area (Å²) in [6.45, 7) is 1.50. The van der Waals surface area contributed by atoms with Gasteiger partial charge in [-0.05, 0) is 37.3 Å². The molecule has 0 radical (unpaired) electrons. The van der Waals surface area contributed by atoms with E-state index in [1.54, 1.807) is 48.8 Å². The highest BCUT2D eigenvalue weighted by atomic mass is 16.2. The monoisotopic (exact) mass is 280 g/mol. The van der Waals surface area contributed by atoms with E-state index in [1.807, 2.05) is 0 Å². The van der Waals surface area contributed by atoms with Gasteiger partial charge in [0.1, 0.15) is 0 Å². The van der Waals surface area contributed by atoms with Crippen molar-refractivity contribution in [1.82, 2.24) is 14.6 Å². The molecule has 2 aromatic heterocycles. The smallest absolute Gasteiger partial charge is 0.276 e. The fourth-order valence-corrected chi connectivity index (χ4v) is 1.92. The van der Waals surface area contributed by atoms with Crippen molar-refractivity contribution >= 4 is 23.0 Å². The Morgan fingerprint density at radius 3 is 2.62 bits per heavy atom. The molecule has 2 heterocycles. The van der Waals surface area contributed by atoms with Gasteiger partial charge in [0.2, 0.25) is 0 Å². The molecule has 0 atom stereocenters. The maximum Gasteiger partial charge on any atom is 0.276 e. The van der Waals surface area contributed by atoms with Gasteiger partial charge >= 0.3 is 0 Å². The predicted molar refractivity (Wildman–Crippen MR) is 77.4 cm³/mol. The minimum absolute atomic E-state index is 0.0145. The molecular formula is C15H12N4O2. The van der Waals surface area contributed by atoms with Crippen LogP contribution < -0.4 is 5.32 Å². The zero-order valence-electron chi connectivity index (χ0n) is 11.3. The molecule has 104 valence electrons. The molecule has 6 nitrogen and oxygen atoms in total. The van der Waals surface area contributed by atoms with Gasteiger partial charge in [0.05, 0.1) is 0 Å². The summed E-state index contributed by atoms with van der Waals surface area (Å²) in [5, 5.41) is 6.87. The van der Waals surface area contributed by atoms with E-state index in [9.17, 15) is 9.59 Å². The van der Waals surface area contributed by atoms with E-state index in [0.29, 0.717) is 16.9 Å². The average Bonchev–Trinajstić information content (AvgIpc) is 2.92. The molecule has 0 spiro atoms.